The van der Waals surface area contributed by atoms with Crippen molar-refractivity contribution in [1.82, 2.24) is 0 Å². The van der Waals surface area contributed by atoms with Crippen LogP contribution < -0.4 is 19.3 Å². The number of sulfonamides is 1. The van der Waals surface area contributed by atoms with Gasteiger partial charge < -0.3 is 19.4 Å². The first-order chi connectivity index (χ1) is 12.3. The summed E-state index contributed by atoms with van der Waals surface area (Å²) in [5, 5.41) is 10.5. The molecule has 0 atom stereocenters. The van der Waals surface area contributed by atoms with Gasteiger partial charge in [-0.3, -0.25) is 4.72 Å². The molecule has 0 bridgehead atoms. The van der Waals surface area contributed by atoms with Gasteiger partial charge in [-0.05, 0) is 49.1 Å². The zero-order valence-electron chi connectivity index (χ0n) is 14.7. The van der Waals surface area contributed by atoms with E-state index in [4.69, 9.17) is 9.47 Å². The average molecular weight is 378 g/mol. The summed E-state index contributed by atoms with van der Waals surface area (Å²) in [6.45, 7) is 1.75. The summed E-state index contributed by atoms with van der Waals surface area (Å²) in [4.78, 5) is 10.6. The van der Waals surface area contributed by atoms with E-state index in [2.05, 4.69) is 4.72 Å². The Morgan fingerprint density at radius 1 is 1.08 bits per heavy atom. The van der Waals surface area contributed by atoms with Crippen molar-refractivity contribution >= 4 is 21.7 Å². The van der Waals surface area contributed by atoms with Crippen molar-refractivity contribution in [2.24, 2.45) is 0 Å². The molecule has 0 heterocycles. The Morgan fingerprint density at radius 3 is 2.19 bits per heavy atom. The molecular formula is C18H20NO6S-. The number of carbonyl (C=O) groups is 1. The van der Waals surface area contributed by atoms with Crippen molar-refractivity contribution in [1.29, 1.82) is 0 Å². The number of anilines is 1. The number of carboxylic acids is 1. The van der Waals surface area contributed by atoms with Gasteiger partial charge >= 0.3 is 0 Å². The van der Waals surface area contributed by atoms with Gasteiger partial charge in [0.05, 0.1) is 24.8 Å². The molecule has 8 heteroatoms. The number of hydrogen-bond acceptors (Lipinski definition) is 6. The molecule has 26 heavy (non-hydrogen) atoms. The fourth-order valence-corrected chi connectivity index (χ4v) is 3.50. The fraction of sp³-hybridized carbons (Fsp3) is 0.278. The van der Waals surface area contributed by atoms with Crippen LogP contribution in [0.1, 0.15) is 17.5 Å². The maximum atomic E-state index is 12.6. The third-order valence-corrected chi connectivity index (χ3v) is 5.21. The summed E-state index contributed by atoms with van der Waals surface area (Å²) in [7, 11) is -0.831. The summed E-state index contributed by atoms with van der Waals surface area (Å²) >= 11 is 0. The van der Waals surface area contributed by atoms with E-state index in [1.807, 2.05) is 0 Å². The van der Waals surface area contributed by atoms with Crippen LogP contribution in [-0.2, 0) is 21.2 Å². The number of hydrogen-bond donors (Lipinski definition) is 1. The van der Waals surface area contributed by atoms with Crippen LogP contribution in [0.25, 0.3) is 0 Å². The van der Waals surface area contributed by atoms with E-state index in [1.165, 1.54) is 26.4 Å². The molecule has 0 saturated carbocycles. The Labute approximate surface area is 152 Å². The highest BCUT2D eigenvalue weighted by atomic mass is 32.2. The fourth-order valence-electron chi connectivity index (χ4n) is 2.38. The standard InChI is InChI=1S/C18H21NO6S/c1-12-10-16(24-2)17(25-3)11-15(12)19-26(22,23)14-7-4-13(5-8-14)6-9-18(20)21/h4-5,7-8,10-11,19H,6,9H2,1-3H3,(H,20,21)/p-1. The summed E-state index contributed by atoms with van der Waals surface area (Å²) in [6.07, 6.45) is 0.167. The first-order valence-corrected chi connectivity index (χ1v) is 9.29. The third kappa shape index (κ3) is 4.66. The van der Waals surface area contributed by atoms with Gasteiger partial charge in [0.2, 0.25) is 0 Å². The Bertz CT molecular complexity index is 891. The van der Waals surface area contributed by atoms with E-state index in [1.54, 1.807) is 31.2 Å². The molecule has 0 aromatic heterocycles. The molecule has 140 valence electrons. The van der Waals surface area contributed by atoms with E-state index in [0.29, 0.717) is 22.7 Å². The van der Waals surface area contributed by atoms with Crippen LogP contribution in [0.5, 0.6) is 11.5 Å². The van der Waals surface area contributed by atoms with Crippen molar-refractivity contribution in [3.63, 3.8) is 0 Å². The van der Waals surface area contributed by atoms with Crippen LogP contribution in [0.4, 0.5) is 5.69 Å². The number of carbonyl (C=O) groups excluding carboxylic acids is 1. The number of benzene rings is 2. The van der Waals surface area contributed by atoms with Crippen molar-refractivity contribution < 1.29 is 27.8 Å². The minimum atomic E-state index is -3.80. The molecule has 0 fully saturated rings. The predicted octanol–water partition coefficient (Wildman–Crippen LogP) is 1.50. The summed E-state index contributed by atoms with van der Waals surface area (Å²) in [5.41, 5.74) is 1.77. The van der Waals surface area contributed by atoms with E-state index in [9.17, 15) is 18.3 Å². The van der Waals surface area contributed by atoms with E-state index in [-0.39, 0.29) is 17.7 Å². The molecule has 0 amide bonds. The number of ether oxygens (including phenoxy) is 2. The number of aryl methyl sites for hydroxylation is 2. The number of aliphatic carboxylic acids is 1. The monoisotopic (exact) mass is 378 g/mol. The zero-order valence-corrected chi connectivity index (χ0v) is 15.6. The molecular weight excluding hydrogens is 358 g/mol. The Kier molecular flexibility index (Phi) is 6.10. The second kappa shape index (κ2) is 8.09. The number of nitrogens with one attached hydrogen (secondary N) is 1. The van der Waals surface area contributed by atoms with Gasteiger partial charge in [-0.15, -0.1) is 0 Å². The maximum absolute atomic E-state index is 12.6. The molecule has 0 saturated heterocycles. The second-order valence-electron chi connectivity index (χ2n) is 5.64. The summed E-state index contributed by atoms with van der Waals surface area (Å²) in [5.74, 6) is -0.231. The second-order valence-corrected chi connectivity index (χ2v) is 7.33. The van der Waals surface area contributed by atoms with Crippen molar-refractivity contribution in [3.8, 4) is 11.5 Å². The molecule has 1 N–H and O–H groups in total. The van der Waals surface area contributed by atoms with Crippen LogP contribution in [0.15, 0.2) is 41.3 Å². The predicted molar refractivity (Wildman–Crippen MR) is 94.9 cm³/mol. The van der Waals surface area contributed by atoms with Crippen molar-refractivity contribution in [3.05, 3.63) is 47.5 Å². The van der Waals surface area contributed by atoms with Gasteiger partial charge in [-0.2, -0.15) is 0 Å². The van der Waals surface area contributed by atoms with E-state index < -0.39 is 16.0 Å². The average Bonchev–Trinajstić information content (AvgIpc) is 2.61. The molecule has 0 radical (unpaired) electrons. The minimum absolute atomic E-state index is 0.0730. The molecule has 2 aromatic carbocycles. The molecule has 2 aromatic rings. The topological polar surface area (TPSA) is 105 Å². The van der Waals surface area contributed by atoms with Gasteiger partial charge in [0.1, 0.15) is 0 Å². The molecule has 0 aliphatic heterocycles. The van der Waals surface area contributed by atoms with Crippen LogP contribution in [0.2, 0.25) is 0 Å². The van der Waals surface area contributed by atoms with Crippen LogP contribution >= 0.6 is 0 Å². The Morgan fingerprint density at radius 2 is 1.65 bits per heavy atom. The quantitative estimate of drug-likeness (QED) is 0.746. The number of methoxy groups -OCH3 is 2. The van der Waals surface area contributed by atoms with Gasteiger partial charge in [0.15, 0.2) is 11.5 Å². The lowest BCUT2D eigenvalue weighted by Crippen LogP contribution is -2.22. The summed E-state index contributed by atoms with van der Waals surface area (Å²) in [6, 6.07) is 9.27. The van der Waals surface area contributed by atoms with Gasteiger partial charge in [-0.1, -0.05) is 12.1 Å². The first kappa shape index (κ1) is 19.6. The molecule has 0 spiro atoms. The SMILES string of the molecule is COc1cc(C)c(NS(=O)(=O)c2ccc(CCC(=O)[O-])cc2)cc1OC. The highest BCUT2D eigenvalue weighted by Crippen LogP contribution is 2.33. The normalized spacial score (nSPS) is 11.0. The molecule has 0 aliphatic rings. The van der Waals surface area contributed by atoms with Crippen LogP contribution in [0, 0.1) is 6.92 Å². The Balaban J connectivity index is 2.24. The van der Waals surface area contributed by atoms with Gasteiger partial charge in [-0.25, -0.2) is 8.42 Å². The highest BCUT2D eigenvalue weighted by Gasteiger charge is 2.17. The minimum Gasteiger partial charge on any atom is -0.550 e. The van der Waals surface area contributed by atoms with Gasteiger partial charge in [0.25, 0.3) is 10.0 Å². The lowest BCUT2D eigenvalue weighted by Gasteiger charge is -2.15. The molecule has 7 nitrogen and oxygen atoms in total. The highest BCUT2D eigenvalue weighted by molar-refractivity contribution is 7.92. The van der Waals surface area contributed by atoms with E-state index in [0.717, 1.165) is 5.56 Å². The van der Waals surface area contributed by atoms with E-state index >= 15 is 0 Å². The van der Waals surface area contributed by atoms with Crippen molar-refractivity contribution in [2.45, 2.75) is 24.7 Å². The summed E-state index contributed by atoms with van der Waals surface area (Å²) < 4.78 is 38.1. The zero-order chi connectivity index (χ0) is 19.3. The largest absolute Gasteiger partial charge is 0.550 e. The lowest BCUT2D eigenvalue weighted by molar-refractivity contribution is -0.305. The molecule has 2 rings (SSSR count). The maximum Gasteiger partial charge on any atom is 0.261 e. The third-order valence-electron chi connectivity index (χ3n) is 3.83. The number of carboxylic acid groups (broad SMARTS) is 1. The molecule has 0 unspecified atom stereocenters. The van der Waals surface area contributed by atoms with Crippen LogP contribution in [0.3, 0.4) is 0 Å². The number of rotatable bonds is 8. The van der Waals surface area contributed by atoms with Crippen molar-refractivity contribution in [2.75, 3.05) is 18.9 Å². The first-order valence-electron chi connectivity index (χ1n) is 7.81. The van der Waals surface area contributed by atoms with Gasteiger partial charge in [0, 0.05) is 12.0 Å². The molecule has 0 aliphatic carbocycles. The van der Waals surface area contributed by atoms with Crippen LogP contribution in [-0.4, -0.2) is 28.6 Å². The smallest absolute Gasteiger partial charge is 0.261 e. The Hall–Kier alpha value is -2.74. The lowest BCUT2D eigenvalue weighted by atomic mass is 10.1.